The maximum atomic E-state index is 12.6. The number of hydrogen-bond acceptors (Lipinski definition) is 7. The molecule has 0 radical (unpaired) electrons. The first-order chi connectivity index (χ1) is 13.0. The number of ether oxygens (including phenoxy) is 2. The number of anilines is 2. The molecule has 1 aromatic carbocycles. The molecule has 2 heterocycles. The van der Waals surface area contributed by atoms with E-state index in [4.69, 9.17) is 21.1 Å². The summed E-state index contributed by atoms with van der Waals surface area (Å²) < 4.78 is 10.5. The largest absolute Gasteiger partial charge is 0.495 e. The first-order valence-electron chi connectivity index (χ1n) is 8.50. The van der Waals surface area contributed by atoms with Gasteiger partial charge in [-0.05, 0) is 7.05 Å². The van der Waals surface area contributed by atoms with E-state index in [0.717, 1.165) is 26.2 Å². The number of methoxy groups -OCH3 is 2. The number of benzene rings is 1. The molecule has 1 N–H and O–H groups in total. The Morgan fingerprint density at radius 3 is 2.30 bits per heavy atom. The lowest BCUT2D eigenvalue weighted by atomic mass is 10.2. The number of nitrogens with zero attached hydrogens (tertiary/aromatic N) is 4. The van der Waals surface area contributed by atoms with Gasteiger partial charge in [-0.1, -0.05) is 11.6 Å². The molecule has 3 rings (SSSR count). The zero-order valence-corrected chi connectivity index (χ0v) is 16.3. The van der Waals surface area contributed by atoms with E-state index in [1.165, 1.54) is 26.6 Å². The second-order valence-electron chi connectivity index (χ2n) is 6.20. The SMILES string of the molecule is COc1cc(NC(=O)c2cnc(N3CCN(C)CC3)nc2)c(OC)cc1Cl. The number of halogens is 1. The summed E-state index contributed by atoms with van der Waals surface area (Å²) in [7, 11) is 5.09. The average Bonchev–Trinajstić information content (AvgIpc) is 2.69. The van der Waals surface area contributed by atoms with Gasteiger partial charge in [0, 0.05) is 50.7 Å². The lowest BCUT2D eigenvalue weighted by molar-refractivity contribution is 0.102. The van der Waals surface area contributed by atoms with Gasteiger partial charge in [-0.3, -0.25) is 4.79 Å². The topological polar surface area (TPSA) is 79.8 Å². The Morgan fingerprint density at radius 1 is 1.07 bits per heavy atom. The minimum absolute atomic E-state index is 0.345. The molecule has 1 aliphatic heterocycles. The normalized spacial score (nSPS) is 14.7. The van der Waals surface area contributed by atoms with E-state index in [0.29, 0.717) is 33.7 Å². The predicted molar refractivity (Wildman–Crippen MR) is 104 cm³/mol. The van der Waals surface area contributed by atoms with Crippen molar-refractivity contribution in [1.29, 1.82) is 0 Å². The van der Waals surface area contributed by atoms with Crippen molar-refractivity contribution in [2.24, 2.45) is 0 Å². The quantitative estimate of drug-likeness (QED) is 0.836. The molecule has 8 nitrogen and oxygen atoms in total. The molecule has 1 aromatic heterocycles. The van der Waals surface area contributed by atoms with Crippen molar-refractivity contribution in [1.82, 2.24) is 14.9 Å². The van der Waals surface area contributed by atoms with Crippen molar-refractivity contribution in [3.8, 4) is 11.5 Å². The maximum absolute atomic E-state index is 12.6. The molecule has 0 unspecified atom stereocenters. The number of piperazine rings is 1. The van der Waals surface area contributed by atoms with Crippen LogP contribution in [0.3, 0.4) is 0 Å². The lowest BCUT2D eigenvalue weighted by Gasteiger charge is -2.32. The summed E-state index contributed by atoms with van der Waals surface area (Å²) in [6.07, 6.45) is 3.05. The minimum Gasteiger partial charge on any atom is -0.495 e. The van der Waals surface area contributed by atoms with Crippen molar-refractivity contribution >= 4 is 29.1 Å². The summed E-state index contributed by atoms with van der Waals surface area (Å²) in [6.45, 7) is 3.65. The van der Waals surface area contributed by atoms with Gasteiger partial charge in [0.15, 0.2) is 0 Å². The van der Waals surface area contributed by atoms with Crippen molar-refractivity contribution in [3.63, 3.8) is 0 Å². The van der Waals surface area contributed by atoms with Crippen LogP contribution in [-0.2, 0) is 0 Å². The maximum Gasteiger partial charge on any atom is 0.258 e. The predicted octanol–water partition coefficient (Wildman–Crippen LogP) is 2.15. The van der Waals surface area contributed by atoms with Gasteiger partial charge in [0.25, 0.3) is 5.91 Å². The van der Waals surface area contributed by atoms with Crippen LogP contribution in [0.5, 0.6) is 11.5 Å². The molecule has 144 valence electrons. The second-order valence-corrected chi connectivity index (χ2v) is 6.61. The van der Waals surface area contributed by atoms with Crippen LogP contribution in [0.2, 0.25) is 5.02 Å². The Hall–Kier alpha value is -2.58. The Labute approximate surface area is 163 Å². The number of amides is 1. The van der Waals surface area contributed by atoms with Crippen LogP contribution in [0.1, 0.15) is 10.4 Å². The molecule has 1 amide bonds. The number of carbonyl (C=O) groups excluding carboxylic acids is 1. The highest BCUT2D eigenvalue weighted by Crippen LogP contribution is 2.36. The van der Waals surface area contributed by atoms with Gasteiger partial charge in [-0.2, -0.15) is 0 Å². The molecule has 0 bridgehead atoms. The molecule has 9 heteroatoms. The fourth-order valence-corrected chi connectivity index (χ4v) is 2.99. The Kier molecular flexibility index (Phi) is 5.98. The summed E-state index contributed by atoms with van der Waals surface area (Å²) in [4.78, 5) is 25.6. The molecule has 1 fully saturated rings. The Balaban J connectivity index is 1.73. The van der Waals surface area contributed by atoms with E-state index in [1.54, 1.807) is 12.1 Å². The van der Waals surface area contributed by atoms with Gasteiger partial charge in [-0.15, -0.1) is 0 Å². The van der Waals surface area contributed by atoms with Crippen molar-refractivity contribution in [2.75, 3.05) is 57.7 Å². The van der Waals surface area contributed by atoms with E-state index in [-0.39, 0.29) is 5.91 Å². The van der Waals surface area contributed by atoms with Crippen LogP contribution in [0.4, 0.5) is 11.6 Å². The van der Waals surface area contributed by atoms with Gasteiger partial charge < -0.3 is 24.6 Å². The third kappa shape index (κ3) is 4.40. The number of nitrogens with one attached hydrogen (secondary N) is 1. The van der Waals surface area contributed by atoms with Crippen molar-refractivity contribution < 1.29 is 14.3 Å². The third-order valence-electron chi connectivity index (χ3n) is 4.41. The van der Waals surface area contributed by atoms with E-state index in [2.05, 4.69) is 32.1 Å². The van der Waals surface area contributed by atoms with Gasteiger partial charge in [0.05, 0.1) is 30.5 Å². The summed E-state index contributed by atoms with van der Waals surface area (Å²) in [5.74, 6) is 1.16. The zero-order valence-electron chi connectivity index (χ0n) is 15.5. The molecule has 0 spiro atoms. The average molecular weight is 392 g/mol. The summed E-state index contributed by atoms with van der Waals surface area (Å²) >= 11 is 6.09. The number of carbonyl (C=O) groups is 1. The van der Waals surface area contributed by atoms with E-state index >= 15 is 0 Å². The molecule has 1 saturated heterocycles. The smallest absolute Gasteiger partial charge is 0.258 e. The molecule has 1 aliphatic rings. The summed E-state index contributed by atoms with van der Waals surface area (Å²) in [5, 5.41) is 3.18. The number of likely N-dealkylation sites (N-methyl/N-ethyl adjacent to an activating group) is 1. The third-order valence-corrected chi connectivity index (χ3v) is 4.70. The van der Waals surface area contributed by atoms with Gasteiger partial charge in [0.1, 0.15) is 11.5 Å². The van der Waals surface area contributed by atoms with Crippen LogP contribution in [0.15, 0.2) is 24.5 Å². The highest BCUT2D eigenvalue weighted by Gasteiger charge is 2.18. The standard InChI is InChI=1S/C18H22ClN5O3/c1-23-4-6-24(7-5-23)18-20-10-12(11-21-18)17(25)22-14-9-15(26-2)13(19)8-16(14)27-3/h8-11H,4-7H2,1-3H3,(H,22,25). The molecule has 2 aromatic rings. The van der Waals surface area contributed by atoms with Crippen LogP contribution in [0, 0.1) is 0 Å². The second kappa shape index (κ2) is 8.41. The fourth-order valence-electron chi connectivity index (χ4n) is 2.76. The van der Waals surface area contributed by atoms with Crippen molar-refractivity contribution in [3.05, 3.63) is 35.1 Å². The van der Waals surface area contributed by atoms with E-state index < -0.39 is 0 Å². The van der Waals surface area contributed by atoms with Gasteiger partial charge in [-0.25, -0.2) is 9.97 Å². The van der Waals surface area contributed by atoms with Crippen LogP contribution in [0.25, 0.3) is 0 Å². The number of aromatic nitrogens is 2. The lowest BCUT2D eigenvalue weighted by Crippen LogP contribution is -2.45. The zero-order chi connectivity index (χ0) is 19.4. The van der Waals surface area contributed by atoms with Crippen molar-refractivity contribution in [2.45, 2.75) is 0 Å². The Morgan fingerprint density at radius 2 is 1.70 bits per heavy atom. The van der Waals surface area contributed by atoms with Crippen LogP contribution in [-0.4, -0.2) is 68.2 Å². The monoisotopic (exact) mass is 391 g/mol. The first kappa shape index (κ1) is 19.2. The minimum atomic E-state index is -0.345. The molecule has 27 heavy (non-hydrogen) atoms. The molecule has 0 aliphatic carbocycles. The number of rotatable bonds is 5. The first-order valence-corrected chi connectivity index (χ1v) is 8.88. The van der Waals surface area contributed by atoms with E-state index in [1.807, 2.05) is 0 Å². The van der Waals surface area contributed by atoms with Gasteiger partial charge in [0.2, 0.25) is 5.95 Å². The summed E-state index contributed by atoms with van der Waals surface area (Å²) in [6, 6.07) is 3.20. The van der Waals surface area contributed by atoms with Crippen LogP contribution >= 0.6 is 11.6 Å². The molecular formula is C18H22ClN5O3. The van der Waals surface area contributed by atoms with Gasteiger partial charge >= 0.3 is 0 Å². The molecule has 0 atom stereocenters. The van der Waals surface area contributed by atoms with Crippen LogP contribution < -0.4 is 19.7 Å². The highest BCUT2D eigenvalue weighted by atomic mass is 35.5. The summed E-state index contributed by atoms with van der Waals surface area (Å²) in [5.41, 5.74) is 0.802. The molecular weight excluding hydrogens is 370 g/mol. The molecule has 0 saturated carbocycles. The van der Waals surface area contributed by atoms with E-state index in [9.17, 15) is 4.79 Å². The fraction of sp³-hybridized carbons (Fsp3) is 0.389. The highest BCUT2D eigenvalue weighted by molar-refractivity contribution is 6.32. The Bertz CT molecular complexity index is 807. The number of hydrogen-bond donors (Lipinski definition) is 1.